The molecule has 0 N–H and O–H groups in total. The van der Waals surface area contributed by atoms with Crippen molar-refractivity contribution in [1.29, 1.82) is 0 Å². The van der Waals surface area contributed by atoms with Crippen LogP contribution in [-0.2, 0) is 28.6 Å². The maximum Gasteiger partial charge on any atom is 0.309 e. The molecule has 7 atom stereocenters. The third-order valence-electron chi connectivity index (χ3n) is 9.68. The Bertz CT molecular complexity index is 832. The molecule has 4 aliphatic rings. The lowest BCUT2D eigenvalue weighted by Gasteiger charge is -2.59. The summed E-state index contributed by atoms with van der Waals surface area (Å²) in [6, 6.07) is 0. The number of fused-ring (bicyclic) bond motifs is 5. The van der Waals surface area contributed by atoms with Gasteiger partial charge in [-0.25, -0.2) is 0 Å². The Morgan fingerprint density at radius 3 is 2.38 bits per heavy atom. The summed E-state index contributed by atoms with van der Waals surface area (Å²) >= 11 is 0. The average molecular weight is 447 g/mol. The van der Waals surface area contributed by atoms with Gasteiger partial charge in [-0.15, -0.1) is 0 Å². The first-order valence-electron chi connectivity index (χ1n) is 12.2. The molecule has 3 fully saturated rings. The van der Waals surface area contributed by atoms with Crippen molar-refractivity contribution in [2.45, 2.75) is 97.2 Å². The van der Waals surface area contributed by atoms with Gasteiger partial charge in [0.1, 0.15) is 11.7 Å². The van der Waals surface area contributed by atoms with E-state index >= 15 is 0 Å². The van der Waals surface area contributed by atoms with E-state index in [4.69, 9.17) is 14.2 Å². The number of esters is 3. The van der Waals surface area contributed by atoms with Crippen molar-refractivity contribution in [3.63, 3.8) is 0 Å². The predicted octanol–water partition coefficient (Wildman–Crippen LogP) is 4.75. The quantitative estimate of drug-likeness (QED) is 0.352. The maximum absolute atomic E-state index is 12.3. The first-order chi connectivity index (χ1) is 15.0. The molecule has 4 rings (SSSR count). The highest BCUT2D eigenvalue weighted by Gasteiger charge is 2.66. The molecule has 0 aromatic carbocycles. The van der Waals surface area contributed by atoms with Crippen LogP contribution in [0.3, 0.4) is 0 Å². The third-order valence-corrected chi connectivity index (χ3v) is 9.68. The second-order valence-electron chi connectivity index (χ2n) is 11.1. The van der Waals surface area contributed by atoms with Crippen molar-refractivity contribution in [3.05, 3.63) is 11.6 Å². The summed E-state index contributed by atoms with van der Waals surface area (Å²) in [4.78, 5) is 35.9. The van der Waals surface area contributed by atoms with Crippen LogP contribution in [0.2, 0.25) is 0 Å². The first kappa shape index (κ1) is 23.3. The van der Waals surface area contributed by atoms with Gasteiger partial charge < -0.3 is 14.2 Å². The summed E-state index contributed by atoms with van der Waals surface area (Å²) in [6.45, 7) is 7.58. The summed E-state index contributed by atoms with van der Waals surface area (Å²) < 4.78 is 16.5. The van der Waals surface area contributed by atoms with Crippen LogP contribution in [0.4, 0.5) is 0 Å². The van der Waals surface area contributed by atoms with Gasteiger partial charge in [0.25, 0.3) is 0 Å². The van der Waals surface area contributed by atoms with Gasteiger partial charge in [-0.05, 0) is 68.1 Å². The van der Waals surface area contributed by atoms with Crippen LogP contribution in [0.15, 0.2) is 11.6 Å². The lowest BCUT2D eigenvalue weighted by atomic mass is 9.46. The van der Waals surface area contributed by atoms with E-state index in [0.717, 1.165) is 44.9 Å². The third kappa shape index (κ3) is 3.58. The molecule has 0 aliphatic heterocycles. The van der Waals surface area contributed by atoms with Gasteiger partial charge in [0.05, 0.1) is 13.5 Å². The van der Waals surface area contributed by atoms with E-state index in [1.54, 1.807) is 0 Å². The lowest BCUT2D eigenvalue weighted by molar-refractivity contribution is -0.188. The van der Waals surface area contributed by atoms with Gasteiger partial charge in [-0.3, -0.25) is 14.4 Å². The van der Waals surface area contributed by atoms with Gasteiger partial charge in [0.15, 0.2) is 0 Å². The largest absolute Gasteiger partial charge is 0.469 e. The zero-order chi connectivity index (χ0) is 23.3. The van der Waals surface area contributed by atoms with E-state index < -0.39 is 5.60 Å². The predicted molar refractivity (Wildman–Crippen MR) is 118 cm³/mol. The molecule has 32 heavy (non-hydrogen) atoms. The van der Waals surface area contributed by atoms with E-state index in [1.807, 2.05) is 0 Å². The summed E-state index contributed by atoms with van der Waals surface area (Å²) in [6.07, 6.45) is 10.1. The van der Waals surface area contributed by atoms with Gasteiger partial charge >= 0.3 is 17.9 Å². The summed E-state index contributed by atoms with van der Waals surface area (Å²) in [7, 11) is 1.40. The summed E-state index contributed by atoms with van der Waals surface area (Å²) in [5, 5.41) is 0. The molecule has 0 saturated heterocycles. The summed E-state index contributed by atoms with van der Waals surface area (Å²) in [5.74, 6) is 0.676. The fraction of sp³-hybridized carbons (Fsp3) is 0.808. The number of methoxy groups -OCH3 is 1. The zero-order valence-electron chi connectivity index (χ0n) is 20.2. The first-order valence-corrected chi connectivity index (χ1v) is 12.2. The molecular formula is C26H38O6. The molecule has 0 radical (unpaired) electrons. The molecule has 178 valence electrons. The molecule has 6 nitrogen and oxygen atoms in total. The minimum absolute atomic E-state index is 0.000356. The van der Waals surface area contributed by atoms with Crippen LogP contribution in [-0.4, -0.2) is 36.7 Å². The SMILES string of the molecule is COC(=O)C[C@]1(OC(C)=O)CC[C@H]2[C@@H]3CC=C4C[C@@H](OC(C)=O)CC[C@]4(C)[C@H]3CC[C@@]21C. The van der Waals surface area contributed by atoms with Crippen molar-refractivity contribution in [2.75, 3.05) is 7.11 Å². The Kier molecular flexibility index (Phi) is 5.96. The molecule has 3 saturated carbocycles. The molecule has 0 unspecified atom stereocenters. The van der Waals surface area contributed by atoms with Crippen LogP contribution in [0, 0.1) is 28.6 Å². The zero-order valence-corrected chi connectivity index (χ0v) is 20.2. The topological polar surface area (TPSA) is 78.9 Å². The number of hydrogen-bond acceptors (Lipinski definition) is 6. The van der Waals surface area contributed by atoms with E-state index in [2.05, 4.69) is 19.9 Å². The standard InChI is InChI=1S/C26H38O6/c1-16(27)31-19-8-11-24(3)18(14-19)6-7-20-21(24)9-12-25(4)22(20)10-13-26(25,32-17(2)28)15-23(29)30-5/h6,19-22H,7-15H2,1-5H3/t19-,20+,21-,22-,24-,25-,26+/m0/s1. The molecule has 6 heteroatoms. The van der Waals surface area contributed by atoms with Crippen molar-refractivity contribution in [1.82, 2.24) is 0 Å². The highest BCUT2D eigenvalue weighted by molar-refractivity contribution is 5.73. The molecule has 0 heterocycles. The average Bonchev–Trinajstić information content (AvgIpc) is 2.99. The summed E-state index contributed by atoms with van der Waals surface area (Å²) in [5.41, 5.74) is 0.582. The van der Waals surface area contributed by atoms with Gasteiger partial charge in [-0.2, -0.15) is 0 Å². The van der Waals surface area contributed by atoms with Crippen LogP contribution in [0.5, 0.6) is 0 Å². The Morgan fingerprint density at radius 2 is 1.72 bits per heavy atom. The second kappa shape index (κ2) is 8.18. The molecule has 0 aromatic rings. The van der Waals surface area contributed by atoms with E-state index in [-0.39, 0.29) is 41.3 Å². The van der Waals surface area contributed by atoms with Gasteiger partial charge in [0, 0.05) is 25.7 Å². The van der Waals surface area contributed by atoms with Crippen molar-refractivity contribution < 1.29 is 28.6 Å². The van der Waals surface area contributed by atoms with Gasteiger partial charge in [-0.1, -0.05) is 25.5 Å². The second-order valence-corrected chi connectivity index (χ2v) is 11.1. The monoisotopic (exact) mass is 446 g/mol. The molecule has 0 bridgehead atoms. The maximum atomic E-state index is 12.3. The van der Waals surface area contributed by atoms with Crippen molar-refractivity contribution in [3.8, 4) is 0 Å². The number of hydrogen-bond donors (Lipinski definition) is 0. The van der Waals surface area contributed by atoms with Crippen LogP contribution in [0.1, 0.15) is 85.5 Å². The Morgan fingerprint density at radius 1 is 1.00 bits per heavy atom. The molecule has 0 aromatic heterocycles. The van der Waals surface area contributed by atoms with Crippen LogP contribution < -0.4 is 0 Å². The number of rotatable bonds is 4. The fourth-order valence-corrected chi connectivity index (χ4v) is 8.13. The molecule has 0 spiro atoms. The van der Waals surface area contributed by atoms with E-state index in [9.17, 15) is 14.4 Å². The smallest absolute Gasteiger partial charge is 0.309 e. The van der Waals surface area contributed by atoms with Crippen LogP contribution in [0.25, 0.3) is 0 Å². The fourth-order valence-electron chi connectivity index (χ4n) is 8.13. The number of ether oxygens (including phenoxy) is 3. The Hall–Kier alpha value is -1.85. The number of allylic oxidation sites excluding steroid dienone is 1. The van der Waals surface area contributed by atoms with E-state index in [0.29, 0.717) is 24.2 Å². The molecule has 0 amide bonds. The number of carbonyl (C=O) groups excluding carboxylic acids is 3. The number of carbonyl (C=O) groups is 3. The molecular weight excluding hydrogens is 408 g/mol. The minimum Gasteiger partial charge on any atom is -0.469 e. The van der Waals surface area contributed by atoms with Crippen molar-refractivity contribution >= 4 is 17.9 Å². The molecule has 4 aliphatic carbocycles. The Balaban J connectivity index is 1.62. The van der Waals surface area contributed by atoms with Gasteiger partial charge in [0.2, 0.25) is 0 Å². The Labute approximate surface area is 191 Å². The van der Waals surface area contributed by atoms with Crippen LogP contribution >= 0.6 is 0 Å². The highest BCUT2D eigenvalue weighted by Crippen LogP contribution is 2.68. The highest BCUT2D eigenvalue weighted by atomic mass is 16.6. The normalized spacial score (nSPS) is 42.6. The lowest BCUT2D eigenvalue weighted by Crippen LogP contribution is -2.56. The minimum atomic E-state index is -0.778. The van der Waals surface area contributed by atoms with Crippen molar-refractivity contribution in [2.24, 2.45) is 28.6 Å². The van der Waals surface area contributed by atoms with E-state index in [1.165, 1.54) is 26.5 Å².